The number of anilines is 1. The predicted octanol–water partition coefficient (Wildman–Crippen LogP) is 5.83. The van der Waals surface area contributed by atoms with Gasteiger partial charge < -0.3 is 15.5 Å². The molecule has 0 spiro atoms. The normalized spacial score (nSPS) is 11.8. The van der Waals surface area contributed by atoms with E-state index in [1.807, 2.05) is 17.5 Å². The average molecular weight is 468 g/mol. The second-order valence-electron chi connectivity index (χ2n) is 8.30. The van der Waals surface area contributed by atoms with Gasteiger partial charge >= 0.3 is 5.97 Å². The smallest absolute Gasteiger partial charge is 0.335 e. The molecule has 0 bridgehead atoms. The second-order valence-corrected chi connectivity index (χ2v) is 9.59. The fraction of sp³-hybridized carbons (Fsp3) is 0.208. The van der Waals surface area contributed by atoms with E-state index in [0.717, 1.165) is 10.4 Å². The molecule has 166 valence electrons. The van der Waals surface area contributed by atoms with Crippen LogP contribution in [0.1, 0.15) is 49.2 Å². The molecule has 0 aliphatic heterocycles. The van der Waals surface area contributed by atoms with Gasteiger partial charge in [-0.1, -0.05) is 45.0 Å². The highest BCUT2D eigenvalue weighted by Crippen LogP contribution is 2.39. The Morgan fingerprint density at radius 1 is 1.06 bits per heavy atom. The van der Waals surface area contributed by atoms with Crippen LogP contribution >= 0.6 is 23.6 Å². The van der Waals surface area contributed by atoms with Crippen molar-refractivity contribution in [1.29, 1.82) is 0 Å². The zero-order chi connectivity index (χ0) is 23.5. The minimum Gasteiger partial charge on any atom is -0.506 e. The Labute approximate surface area is 196 Å². The number of aromatic carboxylic acids is 1. The number of carbonyl (C=O) groups is 1. The van der Waals surface area contributed by atoms with E-state index in [1.54, 1.807) is 19.1 Å². The summed E-state index contributed by atoms with van der Waals surface area (Å²) in [6.07, 6.45) is 0. The van der Waals surface area contributed by atoms with Crippen molar-refractivity contribution in [2.24, 2.45) is 5.10 Å². The van der Waals surface area contributed by atoms with Crippen LogP contribution < -0.4 is 10.7 Å². The highest BCUT2D eigenvalue weighted by Gasteiger charge is 2.17. The van der Waals surface area contributed by atoms with Crippen molar-refractivity contribution < 1.29 is 15.0 Å². The monoisotopic (exact) mass is 467 g/mol. The third-order valence-electron chi connectivity index (χ3n) is 4.88. The Hall–Kier alpha value is -3.23. The third-order valence-corrected chi connectivity index (χ3v) is 6.09. The predicted molar refractivity (Wildman–Crippen MR) is 135 cm³/mol. The van der Waals surface area contributed by atoms with Crippen molar-refractivity contribution in [3.05, 3.63) is 70.6 Å². The van der Waals surface area contributed by atoms with Gasteiger partial charge in [0.2, 0.25) is 0 Å². The summed E-state index contributed by atoms with van der Waals surface area (Å²) in [7, 11) is 0. The Balaban J connectivity index is 1.68. The number of carboxylic acid groups (broad SMARTS) is 1. The zero-order valence-electron chi connectivity index (χ0n) is 18.3. The number of hydrazone groups is 1. The first-order valence-corrected chi connectivity index (χ1v) is 11.2. The molecule has 1 aromatic heterocycles. The molecule has 0 aliphatic rings. The molecule has 1 heterocycles. The lowest BCUT2D eigenvalue weighted by atomic mass is 9.86. The van der Waals surface area contributed by atoms with E-state index in [0.29, 0.717) is 17.0 Å². The van der Waals surface area contributed by atoms with Gasteiger partial charge in [0.05, 0.1) is 21.7 Å². The van der Waals surface area contributed by atoms with E-state index in [4.69, 9.17) is 17.3 Å². The number of aromatic hydroxyl groups is 1. The maximum Gasteiger partial charge on any atom is 0.335 e. The van der Waals surface area contributed by atoms with Crippen LogP contribution in [0, 0.1) is 0 Å². The first kappa shape index (κ1) is 23.4. The van der Waals surface area contributed by atoms with Crippen molar-refractivity contribution in [2.45, 2.75) is 33.1 Å². The number of thiophene rings is 1. The summed E-state index contributed by atoms with van der Waals surface area (Å²) >= 11 is 6.70. The molecule has 32 heavy (non-hydrogen) atoms. The highest BCUT2D eigenvalue weighted by molar-refractivity contribution is 7.80. The van der Waals surface area contributed by atoms with E-state index < -0.39 is 5.97 Å². The van der Waals surface area contributed by atoms with Gasteiger partial charge in [0, 0.05) is 11.1 Å². The van der Waals surface area contributed by atoms with E-state index in [9.17, 15) is 9.90 Å². The van der Waals surface area contributed by atoms with E-state index in [-0.39, 0.29) is 21.8 Å². The SMILES string of the molecule is C/C(=N\NC(=S)Nc1ccc(C(=O)O)cc1)c1csc(-c2ccc(C(C)(C)C)cc2)c1O. The number of nitrogens with one attached hydrogen (secondary N) is 2. The molecule has 0 unspecified atom stereocenters. The second kappa shape index (κ2) is 9.50. The van der Waals surface area contributed by atoms with Gasteiger partial charge in [-0.3, -0.25) is 5.43 Å². The molecule has 0 saturated heterocycles. The van der Waals surface area contributed by atoms with E-state index in [2.05, 4.69) is 48.7 Å². The molecular formula is C24H25N3O3S2. The summed E-state index contributed by atoms with van der Waals surface area (Å²) in [5.74, 6) is -0.803. The fourth-order valence-corrected chi connectivity index (χ4v) is 4.16. The molecule has 0 atom stereocenters. The molecular weight excluding hydrogens is 442 g/mol. The van der Waals surface area contributed by atoms with Crippen LogP contribution in [0.5, 0.6) is 5.75 Å². The lowest BCUT2D eigenvalue weighted by Crippen LogP contribution is -2.24. The van der Waals surface area contributed by atoms with Crippen LogP contribution in [0.15, 0.2) is 59.0 Å². The topological polar surface area (TPSA) is 94.0 Å². The summed E-state index contributed by atoms with van der Waals surface area (Å²) in [5, 5.41) is 29.0. The fourth-order valence-electron chi connectivity index (χ4n) is 2.98. The van der Waals surface area contributed by atoms with Crippen LogP contribution in [0.4, 0.5) is 5.69 Å². The minimum absolute atomic E-state index is 0.0703. The molecule has 0 amide bonds. The quantitative estimate of drug-likeness (QED) is 0.214. The first-order chi connectivity index (χ1) is 15.1. The third kappa shape index (κ3) is 5.52. The van der Waals surface area contributed by atoms with Gasteiger partial charge in [-0.25, -0.2) is 4.79 Å². The Bertz CT molecular complexity index is 1160. The van der Waals surface area contributed by atoms with Crippen molar-refractivity contribution in [1.82, 2.24) is 5.43 Å². The van der Waals surface area contributed by atoms with Crippen LogP contribution in [-0.4, -0.2) is 27.0 Å². The molecule has 0 aliphatic carbocycles. The Morgan fingerprint density at radius 2 is 1.69 bits per heavy atom. The highest BCUT2D eigenvalue weighted by atomic mass is 32.1. The van der Waals surface area contributed by atoms with Crippen LogP contribution in [0.25, 0.3) is 10.4 Å². The van der Waals surface area contributed by atoms with Gasteiger partial charge in [-0.15, -0.1) is 11.3 Å². The molecule has 0 fully saturated rings. The van der Waals surface area contributed by atoms with Crippen molar-refractivity contribution in [2.75, 3.05) is 5.32 Å². The summed E-state index contributed by atoms with van der Waals surface area (Å²) in [5.41, 5.74) is 7.06. The zero-order valence-corrected chi connectivity index (χ0v) is 19.9. The molecule has 3 rings (SSSR count). The lowest BCUT2D eigenvalue weighted by molar-refractivity contribution is 0.0697. The number of nitrogens with zero attached hydrogens (tertiary/aromatic N) is 1. The molecule has 0 radical (unpaired) electrons. The van der Waals surface area contributed by atoms with Gasteiger partial charge in [-0.2, -0.15) is 5.10 Å². The molecule has 2 aromatic carbocycles. The number of hydrogen-bond acceptors (Lipinski definition) is 5. The summed E-state index contributed by atoms with van der Waals surface area (Å²) in [6.45, 7) is 8.28. The largest absolute Gasteiger partial charge is 0.506 e. The molecule has 4 N–H and O–H groups in total. The standard InChI is InChI=1S/C24H25N3O3S2/c1-14(26-27-23(31)25-18-11-7-16(8-12-18)22(29)30)19-13-32-21(20(19)28)15-5-9-17(10-6-15)24(2,3)4/h5-13,28H,1-4H3,(H,29,30)(H2,25,27,31)/b26-14+. The van der Waals surface area contributed by atoms with Crippen molar-refractivity contribution >= 4 is 46.0 Å². The maximum absolute atomic E-state index is 10.9. The Kier molecular flexibility index (Phi) is 6.96. The molecule has 0 saturated carbocycles. The van der Waals surface area contributed by atoms with E-state index in [1.165, 1.54) is 29.0 Å². The summed E-state index contributed by atoms with van der Waals surface area (Å²) in [4.78, 5) is 11.7. The Morgan fingerprint density at radius 3 is 2.25 bits per heavy atom. The molecule has 8 heteroatoms. The van der Waals surface area contributed by atoms with Gasteiger partial charge in [0.25, 0.3) is 0 Å². The first-order valence-electron chi connectivity index (χ1n) is 9.92. The van der Waals surface area contributed by atoms with Crippen LogP contribution in [0.3, 0.4) is 0 Å². The van der Waals surface area contributed by atoms with E-state index >= 15 is 0 Å². The maximum atomic E-state index is 10.9. The number of carboxylic acids is 1. The van der Waals surface area contributed by atoms with Gasteiger partial charge in [0.1, 0.15) is 5.75 Å². The average Bonchev–Trinajstić information content (AvgIpc) is 3.13. The lowest BCUT2D eigenvalue weighted by Gasteiger charge is -2.19. The van der Waals surface area contributed by atoms with Crippen LogP contribution in [-0.2, 0) is 5.41 Å². The van der Waals surface area contributed by atoms with Crippen molar-refractivity contribution in [3.8, 4) is 16.2 Å². The van der Waals surface area contributed by atoms with Gasteiger partial charge in [0.15, 0.2) is 5.11 Å². The number of hydrogen-bond donors (Lipinski definition) is 4. The van der Waals surface area contributed by atoms with Gasteiger partial charge in [-0.05, 0) is 59.9 Å². The molecule has 6 nitrogen and oxygen atoms in total. The number of benzene rings is 2. The summed E-state index contributed by atoms with van der Waals surface area (Å²) in [6, 6.07) is 14.4. The minimum atomic E-state index is -0.988. The molecule has 3 aromatic rings. The van der Waals surface area contributed by atoms with Crippen LogP contribution in [0.2, 0.25) is 0 Å². The summed E-state index contributed by atoms with van der Waals surface area (Å²) < 4.78 is 0. The number of thiocarbonyl (C=S) groups is 1. The van der Waals surface area contributed by atoms with Crippen molar-refractivity contribution in [3.63, 3.8) is 0 Å². The number of rotatable bonds is 5.